The summed E-state index contributed by atoms with van der Waals surface area (Å²) in [6, 6.07) is 6.87. The molecule has 6 heteroatoms. The van der Waals surface area contributed by atoms with Crippen molar-refractivity contribution >= 4 is 5.97 Å². The molecule has 0 spiro atoms. The molecule has 0 radical (unpaired) electrons. The van der Waals surface area contributed by atoms with Crippen molar-refractivity contribution in [1.29, 1.82) is 0 Å². The second-order valence-corrected chi connectivity index (χ2v) is 8.98. The third kappa shape index (κ3) is 3.15. The van der Waals surface area contributed by atoms with Crippen molar-refractivity contribution in [2.24, 2.45) is 23.2 Å². The molecule has 1 aromatic carbocycles. The summed E-state index contributed by atoms with van der Waals surface area (Å²) in [5.41, 5.74) is -3.94. The zero-order chi connectivity index (χ0) is 20.9. The summed E-state index contributed by atoms with van der Waals surface area (Å²) in [5.74, 6) is 2.62. The summed E-state index contributed by atoms with van der Waals surface area (Å²) in [5, 5.41) is 0. The molecule has 0 amide bonds. The Kier molecular flexibility index (Phi) is 4.93. The Hall–Kier alpha value is -2.00. The van der Waals surface area contributed by atoms with Crippen molar-refractivity contribution < 1.29 is 27.4 Å². The first-order chi connectivity index (χ1) is 13.7. The molecule has 4 bridgehead atoms. The predicted octanol–water partition coefficient (Wildman–Crippen LogP) is 4.85. The Morgan fingerprint density at radius 3 is 2.03 bits per heavy atom. The first-order valence-electron chi connectivity index (χ1n) is 10.1. The fourth-order valence-electron chi connectivity index (χ4n) is 6.41. The van der Waals surface area contributed by atoms with Crippen molar-refractivity contribution in [1.82, 2.24) is 0 Å². The van der Waals surface area contributed by atoms with Gasteiger partial charge in [0.25, 0.3) is 5.60 Å². The standard InChI is InChI=1S/C23H25F3O3/c1-3-19(21-12-15-9-16(13-21)11-17(10-15)14-21)29-20(27)22(28-2,23(24,25)26)18-7-5-4-6-8-18/h1,4-8,15-17,19H,9-14H2,2H3/t15?,16?,17?,19-,21?,22?/m0/s1. The molecule has 2 atom stereocenters. The van der Waals surface area contributed by atoms with Gasteiger partial charge in [-0.3, -0.25) is 0 Å². The van der Waals surface area contributed by atoms with Gasteiger partial charge in [-0.05, 0) is 56.3 Å². The molecule has 1 aromatic rings. The van der Waals surface area contributed by atoms with E-state index in [-0.39, 0.29) is 5.56 Å². The minimum absolute atomic E-state index is 0.318. The Bertz CT molecular complexity index is 776. The zero-order valence-electron chi connectivity index (χ0n) is 16.4. The molecule has 0 aliphatic heterocycles. The summed E-state index contributed by atoms with van der Waals surface area (Å²) >= 11 is 0. The average molecular weight is 406 g/mol. The van der Waals surface area contributed by atoms with Gasteiger partial charge in [-0.2, -0.15) is 13.2 Å². The molecule has 5 rings (SSSR count). The molecule has 0 heterocycles. The number of benzene rings is 1. The van der Waals surface area contributed by atoms with Crippen LogP contribution in [0.2, 0.25) is 0 Å². The van der Waals surface area contributed by atoms with Gasteiger partial charge in [0.05, 0.1) is 0 Å². The fraction of sp³-hybridized carbons (Fsp3) is 0.609. The maximum absolute atomic E-state index is 14.2. The van der Waals surface area contributed by atoms with Crippen molar-refractivity contribution in [2.75, 3.05) is 7.11 Å². The molecule has 0 aromatic heterocycles. The quantitative estimate of drug-likeness (QED) is 0.518. The molecule has 4 fully saturated rings. The van der Waals surface area contributed by atoms with Crippen molar-refractivity contribution in [3.05, 3.63) is 35.9 Å². The Morgan fingerprint density at radius 1 is 1.10 bits per heavy atom. The van der Waals surface area contributed by atoms with Crippen molar-refractivity contribution in [3.8, 4) is 12.3 Å². The number of hydrogen-bond donors (Lipinski definition) is 0. The second kappa shape index (κ2) is 7.05. The summed E-state index contributed by atoms with van der Waals surface area (Å²) < 4.78 is 52.8. The van der Waals surface area contributed by atoms with Crippen LogP contribution < -0.4 is 0 Å². The van der Waals surface area contributed by atoms with Crippen LogP contribution in [0.25, 0.3) is 0 Å². The van der Waals surface area contributed by atoms with E-state index in [0.29, 0.717) is 17.8 Å². The molecular formula is C23H25F3O3. The Labute approximate surface area is 169 Å². The molecule has 156 valence electrons. The zero-order valence-corrected chi connectivity index (χ0v) is 16.4. The van der Waals surface area contributed by atoms with E-state index in [9.17, 15) is 18.0 Å². The minimum atomic E-state index is -5.00. The van der Waals surface area contributed by atoms with E-state index in [2.05, 4.69) is 5.92 Å². The van der Waals surface area contributed by atoms with Crippen LogP contribution in [-0.2, 0) is 19.9 Å². The molecule has 1 unspecified atom stereocenters. The highest BCUT2D eigenvalue weighted by molar-refractivity contribution is 5.83. The molecule has 29 heavy (non-hydrogen) atoms. The smallest absolute Gasteiger partial charge is 0.432 e. The highest BCUT2D eigenvalue weighted by Crippen LogP contribution is 2.62. The first-order valence-corrected chi connectivity index (χ1v) is 10.1. The van der Waals surface area contributed by atoms with E-state index in [1.165, 1.54) is 24.3 Å². The van der Waals surface area contributed by atoms with Gasteiger partial charge < -0.3 is 9.47 Å². The number of halogens is 3. The largest absolute Gasteiger partial charge is 0.446 e. The van der Waals surface area contributed by atoms with E-state index in [1.807, 2.05) is 0 Å². The number of carbonyl (C=O) groups is 1. The lowest BCUT2D eigenvalue weighted by atomic mass is 9.48. The van der Waals surface area contributed by atoms with Gasteiger partial charge in [0.2, 0.25) is 0 Å². The number of ether oxygens (including phenoxy) is 2. The molecule has 0 saturated heterocycles. The Morgan fingerprint density at radius 2 is 1.62 bits per heavy atom. The van der Waals surface area contributed by atoms with E-state index >= 15 is 0 Å². The molecule has 4 saturated carbocycles. The van der Waals surface area contributed by atoms with Gasteiger partial charge in [-0.1, -0.05) is 36.3 Å². The number of carbonyl (C=O) groups excluding carboxylic acids is 1. The summed E-state index contributed by atoms with van der Waals surface area (Å²) in [4.78, 5) is 13.0. The topological polar surface area (TPSA) is 35.5 Å². The second-order valence-electron chi connectivity index (χ2n) is 8.98. The summed E-state index contributed by atoms with van der Waals surface area (Å²) in [6.07, 6.45) is 5.65. The number of terminal acetylenes is 1. The normalized spacial score (nSPS) is 33.6. The third-order valence-electron chi connectivity index (χ3n) is 7.19. The predicted molar refractivity (Wildman–Crippen MR) is 101 cm³/mol. The van der Waals surface area contributed by atoms with Crippen LogP contribution in [-0.4, -0.2) is 25.4 Å². The molecular weight excluding hydrogens is 381 g/mol. The van der Waals surface area contributed by atoms with E-state index < -0.39 is 29.3 Å². The SMILES string of the molecule is C#C[C@H](OC(=O)C(OC)(c1ccccc1)C(F)(F)F)C12CC3CC(CC(C3)C1)C2. The van der Waals surface area contributed by atoms with Gasteiger partial charge in [0.1, 0.15) is 0 Å². The van der Waals surface area contributed by atoms with Crippen LogP contribution in [0.5, 0.6) is 0 Å². The highest BCUT2D eigenvalue weighted by Gasteiger charge is 2.65. The number of esters is 1. The lowest BCUT2D eigenvalue weighted by Crippen LogP contribution is -2.56. The van der Waals surface area contributed by atoms with Crippen LogP contribution in [0.15, 0.2) is 30.3 Å². The third-order valence-corrected chi connectivity index (χ3v) is 7.19. The maximum Gasteiger partial charge on any atom is 0.432 e. The minimum Gasteiger partial charge on any atom is -0.446 e. The number of hydrogen-bond acceptors (Lipinski definition) is 3. The van der Waals surface area contributed by atoms with E-state index in [4.69, 9.17) is 15.9 Å². The van der Waals surface area contributed by atoms with E-state index in [0.717, 1.165) is 45.6 Å². The van der Waals surface area contributed by atoms with Gasteiger partial charge in [-0.25, -0.2) is 4.79 Å². The van der Waals surface area contributed by atoms with Crippen molar-refractivity contribution in [3.63, 3.8) is 0 Å². The van der Waals surface area contributed by atoms with Gasteiger partial charge in [0.15, 0.2) is 6.10 Å². The monoisotopic (exact) mass is 406 g/mol. The lowest BCUT2D eigenvalue weighted by molar-refractivity contribution is -0.280. The fourth-order valence-corrected chi connectivity index (χ4v) is 6.41. The van der Waals surface area contributed by atoms with Gasteiger partial charge in [0, 0.05) is 18.1 Å². The molecule has 4 aliphatic carbocycles. The molecule has 4 aliphatic rings. The number of alkyl halides is 3. The number of methoxy groups -OCH3 is 1. The molecule has 3 nitrogen and oxygen atoms in total. The van der Waals surface area contributed by atoms with Crippen LogP contribution >= 0.6 is 0 Å². The van der Waals surface area contributed by atoms with Crippen molar-refractivity contribution in [2.45, 2.75) is 56.4 Å². The summed E-state index contributed by atoms with van der Waals surface area (Å²) in [7, 11) is 0.872. The molecule has 0 N–H and O–H groups in total. The van der Waals surface area contributed by atoms with Crippen LogP contribution in [0.4, 0.5) is 13.2 Å². The summed E-state index contributed by atoms with van der Waals surface area (Å²) in [6.45, 7) is 0. The van der Waals surface area contributed by atoms with Crippen LogP contribution in [0.1, 0.15) is 44.1 Å². The van der Waals surface area contributed by atoms with Crippen LogP contribution in [0.3, 0.4) is 0 Å². The average Bonchev–Trinajstić information content (AvgIpc) is 2.65. The number of rotatable bonds is 5. The van der Waals surface area contributed by atoms with Gasteiger partial charge in [-0.15, -0.1) is 6.42 Å². The first kappa shape index (κ1) is 20.3. The highest BCUT2D eigenvalue weighted by atomic mass is 19.4. The van der Waals surface area contributed by atoms with Crippen LogP contribution in [0, 0.1) is 35.5 Å². The maximum atomic E-state index is 14.2. The van der Waals surface area contributed by atoms with E-state index in [1.54, 1.807) is 6.07 Å². The van der Waals surface area contributed by atoms with Gasteiger partial charge >= 0.3 is 12.1 Å². The Balaban J connectivity index is 1.66. The lowest BCUT2D eigenvalue weighted by Gasteiger charge is -2.58.